The van der Waals surface area contributed by atoms with Crippen molar-refractivity contribution in [3.05, 3.63) is 35.4 Å². The molecule has 0 saturated carbocycles. The van der Waals surface area contributed by atoms with Gasteiger partial charge in [-0.15, -0.1) is 6.42 Å². The first-order valence-electron chi connectivity index (χ1n) is 7.25. The van der Waals surface area contributed by atoms with Crippen molar-refractivity contribution in [1.29, 1.82) is 0 Å². The van der Waals surface area contributed by atoms with E-state index in [2.05, 4.69) is 54.3 Å². The van der Waals surface area contributed by atoms with Gasteiger partial charge in [-0.2, -0.15) is 0 Å². The van der Waals surface area contributed by atoms with Crippen molar-refractivity contribution in [2.45, 2.75) is 33.2 Å². The highest BCUT2D eigenvalue weighted by atomic mass is 15.1. The van der Waals surface area contributed by atoms with Gasteiger partial charge in [0.15, 0.2) is 0 Å². The van der Waals surface area contributed by atoms with Gasteiger partial charge in [0, 0.05) is 6.54 Å². The molecule has 0 aliphatic carbocycles. The quantitative estimate of drug-likeness (QED) is 0.541. The number of terminal acetylenes is 1. The summed E-state index contributed by atoms with van der Waals surface area (Å²) in [7, 11) is 0. The van der Waals surface area contributed by atoms with Gasteiger partial charge in [0.2, 0.25) is 0 Å². The van der Waals surface area contributed by atoms with E-state index in [-0.39, 0.29) is 0 Å². The van der Waals surface area contributed by atoms with Gasteiger partial charge in [0.1, 0.15) is 0 Å². The van der Waals surface area contributed by atoms with Crippen molar-refractivity contribution in [2.24, 2.45) is 0 Å². The van der Waals surface area contributed by atoms with Crippen molar-refractivity contribution >= 4 is 0 Å². The fraction of sp³-hybridized carbons (Fsp3) is 0.529. The number of rotatable bonds is 9. The summed E-state index contributed by atoms with van der Waals surface area (Å²) >= 11 is 0. The Balaban J connectivity index is 2.59. The van der Waals surface area contributed by atoms with E-state index in [9.17, 15) is 0 Å². The van der Waals surface area contributed by atoms with E-state index in [4.69, 9.17) is 6.42 Å². The average molecular weight is 258 g/mol. The van der Waals surface area contributed by atoms with Crippen molar-refractivity contribution in [3.8, 4) is 12.3 Å². The van der Waals surface area contributed by atoms with Crippen molar-refractivity contribution < 1.29 is 0 Å². The normalized spacial score (nSPS) is 10.6. The number of benzene rings is 1. The van der Waals surface area contributed by atoms with Crippen LogP contribution < -0.4 is 5.32 Å². The first-order chi connectivity index (χ1) is 9.31. The van der Waals surface area contributed by atoms with Crippen LogP contribution in [0, 0.1) is 12.3 Å². The summed E-state index contributed by atoms with van der Waals surface area (Å²) in [6, 6.07) is 8.68. The molecule has 2 heteroatoms. The molecule has 0 spiro atoms. The van der Waals surface area contributed by atoms with Crippen LogP contribution >= 0.6 is 0 Å². The van der Waals surface area contributed by atoms with Gasteiger partial charge in [-0.3, -0.25) is 4.90 Å². The molecular weight excluding hydrogens is 232 g/mol. The third-order valence-electron chi connectivity index (χ3n) is 3.27. The van der Waals surface area contributed by atoms with Crippen molar-refractivity contribution in [3.63, 3.8) is 0 Å². The van der Waals surface area contributed by atoms with Gasteiger partial charge < -0.3 is 5.32 Å². The molecule has 104 valence electrons. The monoisotopic (exact) mass is 258 g/mol. The highest BCUT2D eigenvalue weighted by Gasteiger charge is 2.06. The molecule has 19 heavy (non-hydrogen) atoms. The van der Waals surface area contributed by atoms with Crippen LogP contribution in [-0.4, -0.2) is 31.1 Å². The first-order valence-corrected chi connectivity index (χ1v) is 7.25. The van der Waals surface area contributed by atoms with Crippen LogP contribution in [-0.2, 0) is 13.0 Å². The number of nitrogens with one attached hydrogen (secondary N) is 1. The van der Waals surface area contributed by atoms with Gasteiger partial charge in [0.25, 0.3) is 0 Å². The lowest BCUT2D eigenvalue weighted by molar-refractivity contribution is 0.315. The second kappa shape index (κ2) is 9.61. The molecule has 1 N–H and O–H groups in total. The van der Waals surface area contributed by atoms with Crippen LogP contribution in [0.1, 0.15) is 31.4 Å². The lowest BCUT2D eigenvalue weighted by Crippen LogP contribution is -2.24. The molecule has 0 aliphatic heterocycles. The van der Waals surface area contributed by atoms with Crippen LogP contribution in [0.3, 0.4) is 0 Å². The molecule has 2 nitrogen and oxygen atoms in total. The summed E-state index contributed by atoms with van der Waals surface area (Å²) < 4.78 is 0. The van der Waals surface area contributed by atoms with Gasteiger partial charge in [-0.1, -0.05) is 44.0 Å². The Kier molecular flexibility index (Phi) is 7.97. The number of nitrogens with zero attached hydrogens (tertiary/aromatic N) is 1. The Morgan fingerprint density at radius 3 is 2.53 bits per heavy atom. The topological polar surface area (TPSA) is 15.3 Å². The van der Waals surface area contributed by atoms with Crippen LogP contribution in [0.2, 0.25) is 0 Å². The molecule has 0 radical (unpaired) electrons. The Hall–Kier alpha value is -1.30. The van der Waals surface area contributed by atoms with E-state index in [1.165, 1.54) is 17.5 Å². The lowest BCUT2D eigenvalue weighted by Gasteiger charge is -2.19. The summed E-state index contributed by atoms with van der Waals surface area (Å²) in [5, 5.41) is 3.46. The summed E-state index contributed by atoms with van der Waals surface area (Å²) in [5.41, 5.74) is 2.83. The van der Waals surface area contributed by atoms with Gasteiger partial charge in [-0.05, 0) is 43.6 Å². The maximum Gasteiger partial charge on any atom is 0.0601 e. The molecule has 0 aromatic heterocycles. The summed E-state index contributed by atoms with van der Waals surface area (Å²) in [6.07, 6.45) is 7.68. The lowest BCUT2D eigenvalue weighted by atomic mass is 10.0. The van der Waals surface area contributed by atoms with Crippen LogP contribution in [0.15, 0.2) is 24.3 Å². The molecular formula is C17H26N2. The van der Waals surface area contributed by atoms with E-state index < -0.39 is 0 Å². The fourth-order valence-electron chi connectivity index (χ4n) is 2.13. The van der Waals surface area contributed by atoms with E-state index >= 15 is 0 Å². The molecule has 0 saturated heterocycles. The Morgan fingerprint density at radius 1 is 1.16 bits per heavy atom. The molecule has 0 bridgehead atoms. The first kappa shape index (κ1) is 15.8. The standard InChI is InChI=1S/C17H26N2/c1-4-12-18-13-11-16-9-7-8-10-17(16)15-19(6-3)14-5-2/h2,7-10,18H,4,6,11-15H2,1,3H3. The average Bonchev–Trinajstić information content (AvgIpc) is 2.44. The Morgan fingerprint density at radius 2 is 1.89 bits per heavy atom. The Bertz CT molecular complexity index is 392. The zero-order chi connectivity index (χ0) is 13.9. The summed E-state index contributed by atoms with van der Waals surface area (Å²) in [5.74, 6) is 2.73. The van der Waals surface area contributed by atoms with Crippen LogP contribution in [0.4, 0.5) is 0 Å². The number of hydrogen-bond acceptors (Lipinski definition) is 2. The number of hydrogen-bond donors (Lipinski definition) is 1. The van der Waals surface area contributed by atoms with E-state index in [1.807, 2.05) is 0 Å². The van der Waals surface area contributed by atoms with E-state index in [0.717, 1.165) is 39.1 Å². The van der Waals surface area contributed by atoms with E-state index in [1.54, 1.807) is 0 Å². The van der Waals surface area contributed by atoms with Gasteiger partial charge in [-0.25, -0.2) is 0 Å². The van der Waals surface area contributed by atoms with E-state index in [0.29, 0.717) is 0 Å². The van der Waals surface area contributed by atoms with Gasteiger partial charge >= 0.3 is 0 Å². The minimum Gasteiger partial charge on any atom is -0.316 e. The minimum absolute atomic E-state index is 0.721. The van der Waals surface area contributed by atoms with Crippen LogP contribution in [0.25, 0.3) is 0 Å². The molecule has 0 amide bonds. The summed E-state index contributed by atoms with van der Waals surface area (Å²) in [4.78, 5) is 2.29. The fourth-order valence-corrected chi connectivity index (χ4v) is 2.13. The second-order valence-corrected chi connectivity index (χ2v) is 4.78. The van der Waals surface area contributed by atoms with Crippen molar-refractivity contribution in [2.75, 3.05) is 26.2 Å². The molecule has 0 atom stereocenters. The molecule has 0 fully saturated rings. The third kappa shape index (κ3) is 5.92. The highest BCUT2D eigenvalue weighted by Crippen LogP contribution is 2.12. The predicted molar refractivity (Wildman–Crippen MR) is 83.1 cm³/mol. The molecule has 0 unspecified atom stereocenters. The molecule has 0 aliphatic rings. The second-order valence-electron chi connectivity index (χ2n) is 4.78. The molecule has 1 rings (SSSR count). The zero-order valence-corrected chi connectivity index (χ0v) is 12.3. The molecule has 1 aromatic rings. The van der Waals surface area contributed by atoms with Crippen LogP contribution in [0.5, 0.6) is 0 Å². The zero-order valence-electron chi connectivity index (χ0n) is 12.3. The SMILES string of the molecule is C#CCN(CC)Cc1ccccc1CCNCCC. The predicted octanol–water partition coefficient (Wildman–Crippen LogP) is 2.68. The smallest absolute Gasteiger partial charge is 0.0601 e. The highest BCUT2D eigenvalue weighted by molar-refractivity contribution is 5.27. The molecule has 0 heterocycles. The maximum atomic E-state index is 5.41. The van der Waals surface area contributed by atoms with Crippen molar-refractivity contribution in [1.82, 2.24) is 10.2 Å². The molecule has 1 aromatic carbocycles. The Labute approximate surface area is 118 Å². The maximum absolute atomic E-state index is 5.41. The largest absolute Gasteiger partial charge is 0.316 e. The third-order valence-corrected chi connectivity index (χ3v) is 3.27. The minimum atomic E-state index is 0.721. The summed E-state index contributed by atoms with van der Waals surface area (Å²) in [6.45, 7) is 9.16. The van der Waals surface area contributed by atoms with Gasteiger partial charge in [0.05, 0.1) is 6.54 Å².